The predicted molar refractivity (Wildman–Crippen MR) is 94.1 cm³/mol. The molecule has 1 nitrogen and oxygen atoms in total. The van der Waals surface area contributed by atoms with Gasteiger partial charge in [-0.2, -0.15) is 0 Å². The van der Waals surface area contributed by atoms with E-state index in [-0.39, 0.29) is 6.04 Å². The predicted octanol–water partition coefficient (Wildman–Crippen LogP) is 4.98. The summed E-state index contributed by atoms with van der Waals surface area (Å²) in [6.45, 7) is 2.04. The Bertz CT molecular complexity index is 652. The average Bonchev–Trinajstić information content (AvgIpc) is 2.88. The molecule has 0 heterocycles. The number of hydrogen-bond donors (Lipinski definition) is 1. The van der Waals surface area contributed by atoms with Crippen molar-refractivity contribution in [3.05, 3.63) is 57.6 Å². The van der Waals surface area contributed by atoms with E-state index in [0.29, 0.717) is 0 Å². The summed E-state index contributed by atoms with van der Waals surface area (Å²) in [6.07, 6.45) is 4.70. The van der Waals surface area contributed by atoms with E-state index in [2.05, 4.69) is 52.3 Å². The van der Waals surface area contributed by atoms with Crippen LogP contribution in [0.1, 0.15) is 30.0 Å². The van der Waals surface area contributed by atoms with Crippen LogP contribution in [0.5, 0.6) is 0 Å². The van der Waals surface area contributed by atoms with E-state index in [4.69, 9.17) is 5.73 Å². The van der Waals surface area contributed by atoms with Crippen molar-refractivity contribution in [1.29, 1.82) is 0 Å². The SMILES string of the molecule is CC(N)Cc1ccc(Sc2ccc3c(c2)CCC3)c(Br)c1. The molecule has 3 heteroatoms. The lowest BCUT2D eigenvalue weighted by atomic mass is 10.1. The Hall–Kier alpha value is -0.770. The summed E-state index contributed by atoms with van der Waals surface area (Å²) in [5.41, 5.74) is 10.2. The Morgan fingerprint density at radius 3 is 2.71 bits per heavy atom. The van der Waals surface area contributed by atoms with Gasteiger partial charge in [0.25, 0.3) is 0 Å². The van der Waals surface area contributed by atoms with Crippen LogP contribution in [-0.4, -0.2) is 6.04 Å². The summed E-state index contributed by atoms with van der Waals surface area (Å²) in [5, 5.41) is 0. The van der Waals surface area contributed by atoms with Gasteiger partial charge in [0, 0.05) is 20.3 Å². The van der Waals surface area contributed by atoms with E-state index in [9.17, 15) is 0 Å². The average molecular weight is 362 g/mol. The van der Waals surface area contributed by atoms with Gasteiger partial charge in [-0.15, -0.1) is 0 Å². The zero-order chi connectivity index (χ0) is 14.8. The van der Waals surface area contributed by atoms with Crippen molar-refractivity contribution in [1.82, 2.24) is 0 Å². The molecule has 0 saturated heterocycles. The quantitative estimate of drug-likeness (QED) is 0.830. The van der Waals surface area contributed by atoms with Crippen molar-refractivity contribution in [3.8, 4) is 0 Å². The molecule has 1 aliphatic rings. The van der Waals surface area contributed by atoms with E-state index < -0.39 is 0 Å². The lowest BCUT2D eigenvalue weighted by Gasteiger charge is -2.10. The van der Waals surface area contributed by atoms with Crippen LogP contribution in [0, 0.1) is 0 Å². The van der Waals surface area contributed by atoms with Gasteiger partial charge in [0.05, 0.1) is 0 Å². The Morgan fingerprint density at radius 1 is 1.14 bits per heavy atom. The van der Waals surface area contributed by atoms with E-state index >= 15 is 0 Å². The second-order valence-electron chi connectivity index (χ2n) is 5.83. The number of halogens is 1. The minimum atomic E-state index is 0.201. The minimum Gasteiger partial charge on any atom is -0.328 e. The molecule has 3 rings (SSSR count). The smallest absolute Gasteiger partial charge is 0.0317 e. The lowest BCUT2D eigenvalue weighted by Crippen LogP contribution is -2.17. The van der Waals surface area contributed by atoms with Crippen molar-refractivity contribution in [2.75, 3.05) is 0 Å². The molecule has 2 N–H and O–H groups in total. The molecular weight excluding hydrogens is 342 g/mol. The van der Waals surface area contributed by atoms with Gasteiger partial charge < -0.3 is 5.73 Å². The highest BCUT2D eigenvalue weighted by Crippen LogP contribution is 2.36. The number of nitrogens with two attached hydrogens (primary N) is 1. The maximum atomic E-state index is 5.87. The third-order valence-corrected chi connectivity index (χ3v) is 5.84. The van der Waals surface area contributed by atoms with Crippen LogP contribution in [0.15, 0.2) is 50.7 Å². The van der Waals surface area contributed by atoms with Crippen molar-refractivity contribution in [2.45, 2.75) is 48.4 Å². The molecule has 1 aliphatic carbocycles. The van der Waals surface area contributed by atoms with Gasteiger partial charge in [0.2, 0.25) is 0 Å². The summed E-state index contributed by atoms with van der Waals surface area (Å²) >= 11 is 5.52. The monoisotopic (exact) mass is 361 g/mol. The molecule has 0 spiro atoms. The maximum absolute atomic E-state index is 5.87. The number of aryl methyl sites for hydroxylation is 2. The van der Waals surface area contributed by atoms with Crippen molar-refractivity contribution in [3.63, 3.8) is 0 Å². The highest BCUT2D eigenvalue weighted by atomic mass is 79.9. The molecule has 110 valence electrons. The number of benzene rings is 2. The van der Waals surface area contributed by atoms with Crippen molar-refractivity contribution in [2.24, 2.45) is 5.73 Å². The molecule has 0 aromatic heterocycles. The molecule has 1 unspecified atom stereocenters. The molecule has 0 saturated carbocycles. The Balaban J connectivity index is 1.78. The first-order valence-electron chi connectivity index (χ1n) is 7.45. The normalized spacial score (nSPS) is 15.0. The number of hydrogen-bond acceptors (Lipinski definition) is 2. The van der Waals surface area contributed by atoms with E-state index in [1.54, 1.807) is 0 Å². The maximum Gasteiger partial charge on any atom is 0.0317 e. The molecule has 21 heavy (non-hydrogen) atoms. The van der Waals surface area contributed by atoms with Crippen LogP contribution in [0.25, 0.3) is 0 Å². The summed E-state index contributed by atoms with van der Waals surface area (Å²) < 4.78 is 1.16. The minimum absolute atomic E-state index is 0.201. The zero-order valence-corrected chi connectivity index (χ0v) is 14.6. The van der Waals surface area contributed by atoms with Crippen LogP contribution in [-0.2, 0) is 19.3 Å². The zero-order valence-electron chi connectivity index (χ0n) is 12.2. The van der Waals surface area contributed by atoms with Crippen molar-refractivity contribution >= 4 is 27.7 Å². The molecule has 2 aromatic carbocycles. The van der Waals surface area contributed by atoms with Gasteiger partial charge in [-0.1, -0.05) is 23.9 Å². The fraction of sp³-hybridized carbons (Fsp3) is 0.333. The third-order valence-electron chi connectivity index (χ3n) is 3.85. The fourth-order valence-electron chi connectivity index (χ4n) is 2.86. The molecule has 0 fully saturated rings. The lowest BCUT2D eigenvalue weighted by molar-refractivity contribution is 0.737. The number of rotatable bonds is 4. The third kappa shape index (κ3) is 3.71. The Morgan fingerprint density at radius 2 is 1.95 bits per heavy atom. The van der Waals surface area contributed by atoms with E-state index in [1.165, 1.54) is 45.7 Å². The first kappa shape index (κ1) is 15.1. The molecule has 0 bridgehead atoms. The molecule has 1 atom stereocenters. The Kier molecular flexibility index (Phi) is 4.72. The van der Waals surface area contributed by atoms with Gasteiger partial charge in [-0.05, 0) is 89.5 Å². The first-order chi connectivity index (χ1) is 10.1. The summed E-state index contributed by atoms with van der Waals surface area (Å²) in [4.78, 5) is 2.60. The summed E-state index contributed by atoms with van der Waals surface area (Å²) in [6, 6.07) is 13.7. The topological polar surface area (TPSA) is 26.0 Å². The van der Waals surface area contributed by atoms with Gasteiger partial charge >= 0.3 is 0 Å². The second-order valence-corrected chi connectivity index (χ2v) is 7.80. The first-order valence-corrected chi connectivity index (χ1v) is 9.06. The van der Waals surface area contributed by atoms with Crippen molar-refractivity contribution < 1.29 is 0 Å². The van der Waals surface area contributed by atoms with Gasteiger partial charge in [0.1, 0.15) is 0 Å². The molecule has 0 aliphatic heterocycles. The number of fused-ring (bicyclic) bond motifs is 1. The second kappa shape index (κ2) is 6.55. The van der Waals surface area contributed by atoms with Crippen LogP contribution in [0.4, 0.5) is 0 Å². The highest BCUT2D eigenvalue weighted by molar-refractivity contribution is 9.10. The summed E-state index contributed by atoms with van der Waals surface area (Å²) in [5.74, 6) is 0. The molecular formula is C18H20BrNS. The Labute approximate surface area is 139 Å². The van der Waals surface area contributed by atoms with E-state index in [0.717, 1.165) is 10.9 Å². The van der Waals surface area contributed by atoms with Crippen LogP contribution in [0.3, 0.4) is 0 Å². The largest absolute Gasteiger partial charge is 0.328 e. The van der Waals surface area contributed by atoms with Crippen LogP contribution < -0.4 is 5.73 Å². The standard InChI is InChI=1S/C18H20BrNS/c1-12(20)9-13-5-8-18(17(19)10-13)21-16-7-6-14-3-2-4-15(14)11-16/h5-8,10-12H,2-4,9,20H2,1H3. The molecule has 2 aromatic rings. The van der Waals surface area contributed by atoms with Gasteiger partial charge in [-0.25, -0.2) is 0 Å². The summed E-state index contributed by atoms with van der Waals surface area (Å²) in [7, 11) is 0. The fourth-order valence-corrected chi connectivity index (χ4v) is 4.42. The van der Waals surface area contributed by atoms with E-state index in [1.807, 2.05) is 18.7 Å². The van der Waals surface area contributed by atoms with Crippen LogP contribution >= 0.6 is 27.7 Å². The van der Waals surface area contributed by atoms with Gasteiger partial charge in [-0.3, -0.25) is 0 Å². The molecule has 0 radical (unpaired) electrons. The highest BCUT2D eigenvalue weighted by Gasteiger charge is 2.12. The van der Waals surface area contributed by atoms with Crippen LogP contribution in [0.2, 0.25) is 0 Å². The molecule has 0 amide bonds. The van der Waals surface area contributed by atoms with Gasteiger partial charge in [0.15, 0.2) is 0 Å².